The van der Waals surface area contributed by atoms with Crippen LogP contribution in [0.1, 0.15) is 12.8 Å². The highest BCUT2D eigenvalue weighted by atomic mass is 16.6. The zero-order valence-corrected chi connectivity index (χ0v) is 10.3. The van der Waals surface area contributed by atoms with Crippen LogP contribution >= 0.6 is 0 Å². The Balaban J connectivity index is 2.25. The van der Waals surface area contributed by atoms with E-state index < -0.39 is 0 Å². The molecule has 5 heteroatoms. The van der Waals surface area contributed by atoms with Gasteiger partial charge in [-0.05, 0) is 45.6 Å². The third kappa shape index (κ3) is 5.31. The maximum absolute atomic E-state index is 10.5. The van der Waals surface area contributed by atoms with Crippen LogP contribution in [0.4, 0.5) is 11.4 Å². The van der Waals surface area contributed by atoms with E-state index in [0.29, 0.717) is 0 Å². The van der Waals surface area contributed by atoms with Crippen LogP contribution in [0.5, 0.6) is 0 Å². The molecule has 0 aliphatic rings. The minimum atomic E-state index is -0.388. The first-order chi connectivity index (χ1) is 8.09. The highest BCUT2D eigenvalue weighted by Crippen LogP contribution is 2.15. The summed E-state index contributed by atoms with van der Waals surface area (Å²) in [5.74, 6) is 0. The predicted octanol–water partition coefficient (Wildman–Crippen LogP) is 2.35. The number of nitrogens with one attached hydrogen (secondary N) is 1. The quantitative estimate of drug-likeness (QED) is 0.449. The van der Waals surface area contributed by atoms with Crippen LogP contribution in [0.15, 0.2) is 24.3 Å². The van der Waals surface area contributed by atoms with Gasteiger partial charge in [0, 0.05) is 24.4 Å². The summed E-state index contributed by atoms with van der Waals surface area (Å²) in [5.41, 5.74) is 1.06. The first-order valence-electron chi connectivity index (χ1n) is 5.72. The number of anilines is 1. The molecule has 0 atom stereocenters. The molecular formula is C12H19N3O2. The number of nitro benzene ring substituents is 1. The lowest BCUT2D eigenvalue weighted by molar-refractivity contribution is -0.384. The molecule has 0 aromatic heterocycles. The second-order valence-electron chi connectivity index (χ2n) is 4.24. The molecule has 1 aromatic rings. The van der Waals surface area contributed by atoms with Gasteiger partial charge in [-0.15, -0.1) is 0 Å². The van der Waals surface area contributed by atoms with Crippen molar-refractivity contribution in [2.24, 2.45) is 0 Å². The Bertz CT molecular complexity index is 349. The molecule has 0 unspecified atom stereocenters. The molecule has 0 bridgehead atoms. The van der Waals surface area contributed by atoms with Gasteiger partial charge in [-0.3, -0.25) is 10.1 Å². The number of benzene rings is 1. The number of nitrogens with zero attached hydrogens (tertiary/aromatic N) is 2. The van der Waals surface area contributed by atoms with Crippen molar-refractivity contribution in [3.8, 4) is 0 Å². The van der Waals surface area contributed by atoms with Gasteiger partial charge in [0.1, 0.15) is 0 Å². The molecule has 0 saturated carbocycles. The summed E-state index contributed by atoms with van der Waals surface area (Å²) in [6.45, 7) is 1.98. The second kappa shape index (κ2) is 6.85. The summed E-state index contributed by atoms with van der Waals surface area (Å²) in [7, 11) is 4.12. The number of hydrogen-bond donors (Lipinski definition) is 1. The highest BCUT2D eigenvalue weighted by molar-refractivity contribution is 5.48. The molecule has 0 fully saturated rings. The van der Waals surface area contributed by atoms with Gasteiger partial charge in [0.25, 0.3) is 5.69 Å². The molecule has 1 rings (SSSR count). The Morgan fingerprint density at radius 1 is 1.24 bits per heavy atom. The van der Waals surface area contributed by atoms with E-state index in [1.807, 2.05) is 0 Å². The van der Waals surface area contributed by atoms with Crippen LogP contribution in [0, 0.1) is 10.1 Å². The highest BCUT2D eigenvalue weighted by Gasteiger charge is 2.02. The van der Waals surface area contributed by atoms with Crippen molar-refractivity contribution >= 4 is 11.4 Å². The van der Waals surface area contributed by atoms with Crippen LogP contribution < -0.4 is 5.32 Å². The Labute approximate surface area is 102 Å². The van der Waals surface area contributed by atoms with Crippen LogP contribution in [0.2, 0.25) is 0 Å². The third-order valence-corrected chi connectivity index (χ3v) is 2.44. The monoisotopic (exact) mass is 237 g/mol. The van der Waals surface area contributed by atoms with Crippen molar-refractivity contribution in [3.05, 3.63) is 34.4 Å². The summed E-state index contributed by atoms with van der Waals surface area (Å²) >= 11 is 0. The first-order valence-corrected chi connectivity index (χ1v) is 5.72. The fraction of sp³-hybridized carbons (Fsp3) is 0.500. The molecular weight excluding hydrogens is 218 g/mol. The molecule has 0 amide bonds. The summed E-state index contributed by atoms with van der Waals surface area (Å²) < 4.78 is 0. The maximum Gasteiger partial charge on any atom is 0.269 e. The van der Waals surface area contributed by atoms with Crippen LogP contribution in [-0.4, -0.2) is 37.0 Å². The van der Waals surface area contributed by atoms with Gasteiger partial charge >= 0.3 is 0 Å². The van der Waals surface area contributed by atoms with Crippen molar-refractivity contribution in [1.29, 1.82) is 0 Å². The Morgan fingerprint density at radius 2 is 1.88 bits per heavy atom. The number of rotatable bonds is 7. The smallest absolute Gasteiger partial charge is 0.269 e. The Hall–Kier alpha value is -1.62. The van der Waals surface area contributed by atoms with E-state index in [-0.39, 0.29) is 10.6 Å². The first kappa shape index (κ1) is 13.4. The van der Waals surface area contributed by atoms with Gasteiger partial charge in [0.15, 0.2) is 0 Å². The Kier molecular flexibility index (Phi) is 5.42. The van der Waals surface area contributed by atoms with Gasteiger partial charge in [-0.2, -0.15) is 0 Å². The van der Waals surface area contributed by atoms with E-state index in [4.69, 9.17) is 0 Å². The lowest BCUT2D eigenvalue weighted by Crippen LogP contribution is -2.14. The Morgan fingerprint density at radius 3 is 2.41 bits per heavy atom. The summed E-state index contributed by atoms with van der Waals surface area (Å²) in [5, 5.41) is 13.7. The standard InChI is InChI=1S/C12H19N3O2/c1-14(2)10-4-3-9-13-11-5-7-12(8-6-11)15(16)17/h5-8,13H,3-4,9-10H2,1-2H3. The topological polar surface area (TPSA) is 58.4 Å². The predicted molar refractivity (Wildman–Crippen MR) is 69.4 cm³/mol. The molecule has 94 valence electrons. The minimum absolute atomic E-state index is 0.128. The minimum Gasteiger partial charge on any atom is -0.385 e. The molecule has 0 heterocycles. The largest absolute Gasteiger partial charge is 0.385 e. The zero-order chi connectivity index (χ0) is 12.7. The number of non-ortho nitro benzene ring substituents is 1. The molecule has 0 aliphatic heterocycles. The zero-order valence-electron chi connectivity index (χ0n) is 10.3. The molecule has 17 heavy (non-hydrogen) atoms. The molecule has 1 N–H and O–H groups in total. The van der Waals surface area contributed by atoms with Gasteiger partial charge in [0.2, 0.25) is 0 Å². The van der Waals surface area contributed by atoms with Crippen molar-refractivity contribution in [3.63, 3.8) is 0 Å². The molecule has 0 saturated heterocycles. The van der Waals surface area contributed by atoms with Crippen molar-refractivity contribution < 1.29 is 4.92 Å². The molecule has 1 aromatic carbocycles. The number of nitro groups is 1. The van der Waals surface area contributed by atoms with E-state index in [1.54, 1.807) is 12.1 Å². The SMILES string of the molecule is CN(C)CCCCNc1ccc([N+](=O)[O-])cc1. The fourth-order valence-corrected chi connectivity index (χ4v) is 1.49. The average molecular weight is 237 g/mol. The lowest BCUT2D eigenvalue weighted by atomic mass is 10.2. The normalized spacial score (nSPS) is 10.5. The van der Waals surface area contributed by atoms with Crippen molar-refractivity contribution in [2.45, 2.75) is 12.8 Å². The molecule has 0 spiro atoms. The number of hydrogen-bond acceptors (Lipinski definition) is 4. The summed E-state index contributed by atoms with van der Waals surface area (Å²) in [6.07, 6.45) is 2.24. The molecule has 5 nitrogen and oxygen atoms in total. The van der Waals surface area contributed by atoms with Gasteiger partial charge in [-0.1, -0.05) is 0 Å². The van der Waals surface area contributed by atoms with Crippen LogP contribution in [0.3, 0.4) is 0 Å². The number of unbranched alkanes of at least 4 members (excludes halogenated alkanes) is 1. The van der Waals surface area contributed by atoms with E-state index in [9.17, 15) is 10.1 Å². The van der Waals surface area contributed by atoms with Crippen molar-refractivity contribution in [1.82, 2.24) is 4.90 Å². The van der Waals surface area contributed by atoms with Crippen molar-refractivity contribution in [2.75, 3.05) is 32.5 Å². The van der Waals surface area contributed by atoms with Gasteiger partial charge in [0.05, 0.1) is 4.92 Å². The van der Waals surface area contributed by atoms with Crippen LogP contribution in [0.25, 0.3) is 0 Å². The fourth-order valence-electron chi connectivity index (χ4n) is 1.49. The molecule has 0 aliphatic carbocycles. The van der Waals surface area contributed by atoms with E-state index >= 15 is 0 Å². The van der Waals surface area contributed by atoms with Gasteiger partial charge < -0.3 is 10.2 Å². The maximum atomic E-state index is 10.5. The van der Waals surface area contributed by atoms with Gasteiger partial charge in [-0.25, -0.2) is 0 Å². The third-order valence-electron chi connectivity index (χ3n) is 2.44. The molecule has 0 radical (unpaired) electrons. The van der Waals surface area contributed by atoms with E-state index in [1.165, 1.54) is 12.1 Å². The second-order valence-corrected chi connectivity index (χ2v) is 4.24. The lowest BCUT2D eigenvalue weighted by Gasteiger charge is -2.09. The van der Waals surface area contributed by atoms with E-state index in [0.717, 1.165) is 31.6 Å². The summed E-state index contributed by atoms with van der Waals surface area (Å²) in [6, 6.07) is 6.51. The summed E-state index contributed by atoms with van der Waals surface area (Å²) in [4.78, 5) is 12.2. The van der Waals surface area contributed by atoms with Crippen LogP contribution in [-0.2, 0) is 0 Å². The average Bonchev–Trinajstić information content (AvgIpc) is 2.29. The van der Waals surface area contributed by atoms with E-state index in [2.05, 4.69) is 24.3 Å².